The number of carboxylic acids is 1. The van der Waals surface area contributed by atoms with Gasteiger partial charge in [-0.05, 0) is 5.56 Å². The summed E-state index contributed by atoms with van der Waals surface area (Å²) in [6.45, 7) is 1.43. The van der Waals surface area contributed by atoms with Gasteiger partial charge in [0.05, 0.1) is 11.9 Å². The highest BCUT2D eigenvalue weighted by Gasteiger charge is 2.75. The minimum Gasteiger partial charge on any atom is -0.481 e. The highest BCUT2D eigenvalue weighted by Crippen LogP contribution is 2.63. The summed E-state index contributed by atoms with van der Waals surface area (Å²) < 4.78 is 29.4. The van der Waals surface area contributed by atoms with Crippen LogP contribution in [0.4, 0.5) is 0 Å². The first-order valence-electron chi connectivity index (χ1n) is 6.40. The average Bonchev–Trinajstić information content (AvgIpc) is 3.11. The molecule has 0 spiro atoms. The summed E-state index contributed by atoms with van der Waals surface area (Å²) in [6, 6.07) is 8.91. The molecule has 1 aromatic rings. The molecule has 0 aliphatic heterocycles. The molecule has 2 rings (SSSR count). The summed E-state index contributed by atoms with van der Waals surface area (Å²) >= 11 is 0. The maximum absolute atomic E-state index is 12.2. The zero-order valence-corrected chi connectivity index (χ0v) is 12.3. The number of rotatable bonds is 6. The van der Waals surface area contributed by atoms with Crippen molar-refractivity contribution in [2.45, 2.75) is 18.1 Å². The fourth-order valence-electron chi connectivity index (χ4n) is 2.97. The molecule has 0 aromatic heterocycles. The molecule has 0 heterocycles. The van der Waals surface area contributed by atoms with Gasteiger partial charge in [0.15, 0.2) is 9.84 Å². The number of ether oxygens (including phenoxy) is 1. The zero-order valence-electron chi connectivity index (χ0n) is 11.4. The molecule has 6 heteroatoms. The molecule has 5 nitrogen and oxygen atoms in total. The van der Waals surface area contributed by atoms with Crippen molar-refractivity contribution < 1.29 is 23.1 Å². The summed E-state index contributed by atoms with van der Waals surface area (Å²) in [5.41, 5.74) is -0.640. The molecular formula is C14H18O5S. The Morgan fingerprint density at radius 2 is 1.95 bits per heavy atom. The van der Waals surface area contributed by atoms with Crippen LogP contribution < -0.4 is 0 Å². The number of aliphatic carboxylic acids is 1. The van der Waals surface area contributed by atoms with E-state index in [9.17, 15) is 18.3 Å². The largest absolute Gasteiger partial charge is 0.481 e. The van der Waals surface area contributed by atoms with Crippen LogP contribution in [-0.4, -0.2) is 44.2 Å². The van der Waals surface area contributed by atoms with Gasteiger partial charge in [-0.15, -0.1) is 0 Å². The average molecular weight is 298 g/mol. The predicted molar refractivity (Wildman–Crippen MR) is 74.4 cm³/mol. The van der Waals surface area contributed by atoms with Crippen molar-refractivity contribution in [3.8, 4) is 0 Å². The van der Waals surface area contributed by atoms with Crippen LogP contribution >= 0.6 is 0 Å². The smallest absolute Gasteiger partial charge is 0.314 e. The molecule has 110 valence electrons. The van der Waals surface area contributed by atoms with E-state index in [0.717, 1.165) is 5.56 Å². The van der Waals surface area contributed by atoms with Crippen LogP contribution in [0.5, 0.6) is 0 Å². The monoisotopic (exact) mass is 298 g/mol. The van der Waals surface area contributed by atoms with Gasteiger partial charge in [0.25, 0.3) is 0 Å². The molecule has 1 saturated carbocycles. The highest BCUT2D eigenvalue weighted by molar-refractivity contribution is 7.92. The minimum atomic E-state index is -3.46. The highest BCUT2D eigenvalue weighted by atomic mass is 32.2. The first-order chi connectivity index (χ1) is 9.41. The summed E-state index contributed by atoms with van der Waals surface area (Å²) in [7, 11) is -2.07. The Morgan fingerprint density at radius 3 is 2.40 bits per heavy atom. The molecule has 1 aliphatic carbocycles. The molecule has 3 atom stereocenters. The minimum absolute atomic E-state index is 0.0697. The second-order valence-corrected chi connectivity index (χ2v) is 7.45. The number of benzene rings is 1. The van der Waals surface area contributed by atoms with Gasteiger partial charge >= 0.3 is 5.97 Å². The molecule has 0 amide bonds. The van der Waals surface area contributed by atoms with Crippen LogP contribution in [-0.2, 0) is 19.4 Å². The van der Waals surface area contributed by atoms with Crippen LogP contribution in [0.25, 0.3) is 0 Å². The van der Waals surface area contributed by atoms with E-state index < -0.39 is 32.4 Å². The molecule has 0 bridgehead atoms. The van der Waals surface area contributed by atoms with Gasteiger partial charge in [-0.25, -0.2) is 8.42 Å². The SMILES string of the molecule is CCS(=O)(=O)[C@@H]1[C@@H](c2ccccc2)[C@]1(COC)C(=O)O. The lowest BCUT2D eigenvalue weighted by Crippen LogP contribution is -2.29. The van der Waals surface area contributed by atoms with Crippen molar-refractivity contribution in [3.63, 3.8) is 0 Å². The third kappa shape index (κ3) is 2.13. The van der Waals surface area contributed by atoms with Crippen LogP contribution in [0.15, 0.2) is 30.3 Å². The Labute approximate surface area is 118 Å². The van der Waals surface area contributed by atoms with Crippen LogP contribution in [0.2, 0.25) is 0 Å². The van der Waals surface area contributed by atoms with Crippen LogP contribution in [0.3, 0.4) is 0 Å². The quantitative estimate of drug-likeness (QED) is 0.856. The van der Waals surface area contributed by atoms with Crippen LogP contribution in [0, 0.1) is 5.41 Å². The number of hydrogen-bond donors (Lipinski definition) is 1. The molecule has 1 aliphatic rings. The van der Waals surface area contributed by atoms with E-state index in [1.807, 2.05) is 6.07 Å². The second-order valence-electron chi connectivity index (χ2n) is 5.04. The maximum atomic E-state index is 12.2. The predicted octanol–water partition coefficient (Wildman–Crippen LogP) is 1.30. The summed E-state index contributed by atoms with van der Waals surface area (Å²) in [6.07, 6.45) is 0. The second kappa shape index (κ2) is 5.18. The molecule has 0 saturated heterocycles. The van der Waals surface area contributed by atoms with Gasteiger partial charge in [0.2, 0.25) is 0 Å². The number of carbonyl (C=O) groups is 1. The van der Waals surface area contributed by atoms with E-state index in [1.165, 1.54) is 14.0 Å². The summed E-state index contributed by atoms with van der Waals surface area (Å²) in [5.74, 6) is -1.74. The number of carboxylic acid groups (broad SMARTS) is 1. The Bertz CT molecular complexity index is 595. The molecule has 0 radical (unpaired) electrons. The number of sulfone groups is 1. The molecule has 1 N–H and O–H groups in total. The molecular weight excluding hydrogens is 280 g/mol. The van der Waals surface area contributed by atoms with Crippen molar-refractivity contribution in [2.24, 2.45) is 5.41 Å². The fourth-order valence-corrected chi connectivity index (χ4v) is 5.02. The van der Waals surface area contributed by atoms with Crippen molar-refractivity contribution in [2.75, 3.05) is 19.5 Å². The van der Waals surface area contributed by atoms with Crippen LogP contribution in [0.1, 0.15) is 18.4 Å². The van der Waals surface area contributed by atoms with Gasteiger partial charge in [0, 0.05) is 18.8 Å². The van der Waals surface area contributed by atoms with E-state index in [0.29, 0.717) is 0 Å². The lowest BCUT2D eigenvalue weighted by atomic mass is 10.0. The van der Waals surface area contributed by atoms with Crippen molar-refractivity contribution in [3.05, 3.63) is 35.9 Å². The number of hydrogen-bond acceptors (Lipinski definition) is 4. The van der Waals surface area contributed by atoms with E-state index in [2.05, 4.69) is 0 Å². The summed E-state index contributed by atoms with van der Waals surface area (Å²) in [4.78, 5) is 11.7. The topological polar surface area (TPSA) is 80.7 Å². The van der Waals surface area contributed by atoms with E-state index >= 15 is 0 Å². The van der Waals surface area contributed by atoms with Gasteiger partial charge < -0.3 is 9.84 Å². The summed E-state index contributed by atoms with van der Waals surface area (Å²) in [5, 5.41) is 8.63. The lowest BCUT2D eigenvalue weighted by molar-refractivity contribution is -0.145. The van der Waals surface area contributed by atoms with Gasteiger partial charge in [0.1, 0.15) is 5.41 Å². The lowest BCUT2D eigenvalue weighted by Gasteiger charge is -2.11. The van der Waals surface area contributed by atoms with Gasteiger partial charge in [-0.3, -0.25) is 4.79 Å². The Hall–Kier alpha value is -1.40. The first kappa shape index (κ1) is 15.0. The van der Waals surface area contributed by atoms with Gasteiger partial charge in [-0.2, -0.15) is 0 Å². The molecule has 1 fully saturated rings. The first-order valence-corrected chi connectivity index (χ1v) is 8.12. The standard InChI is InChI=1S/C14H18O5S/c1-3-20(17,18)12-11(10-7-5-4-6-8-10)14(12,9-19-2)13(15)16/h4-8,11-12H,3,9H2,1-2H3,(H,15,16)/t11-,12-,14+/m1/s1. The Balaban J connectivity index is 2.51. The molecule has 0 unspecified atom stereocenters. The third-order valence-corrected chi connectivity index (χ3v) is 6.26. The molecule has 1 aromatic carbocycles. The van der Waals surface area contributed by atoms with E-state index in [1.54, 1.807) is 24.3 Å². The maximum Gasteiger partial charge on any atom is 0.314 e. The van der Waals surface area contributed by atoms with Gasteiger partial charge in [-0.1, -0.05) is 37.3 Å². The van der Waals surface area contributed by atoms with Crippen molar-refractivity contribution >= 4 is 15.8 Å². The fraction of sp³-hybridized carbons (Fsp3) is 0.500. The van der Waals surface area contributed by atoms with Crippen molar-refractivity contribution in [1.29, 1.82) is 0 Å². The third-order valence-electron chi connectivity index (χ3n) is 3.99. The Kier molecular flexibility index (Phi) is 3.88. The zero-order chi connectivity index (χ0) is 15.0. The van der Waals surface area contributed by atoms with E-state index in [-0.39, 0.29) is 12.4 Å². The van der Waals surface area contributed by atoms with E-state index in [4.69, 9.17) is 4.74 Å². The molecule has 20 heavy (non-hydrogen) atoms. The normalized spacial score (nSPS) is 29.1. The Morgan fingerprint density at radius 1 is 1.35 bits per heavy atom. The number of methoxy groups -OCH3 is 1. The van der Waals surface area contributed by atoms with Crippen molar-refractivity contribution in [1.82, 2.24) is 0 Å².